The molecule has 10 heteroatoms. The second kappa shape index (κ2) is 7.42. The lowest BCUT2D eigenvalue weighted by atomic mass is 9.99. The minimum absolute atomic E-state index is 0.00574. The third-order valence-corrected chi connectivity index (χ3v) is 5.75. The normalized spacial score (nSPS) is 11.8. The number of aliphatic hydroxyl groups is 1. The summed E-state index contributed by atoms with van der Waals surface area (Å²) in [6.07, 6.45) is 0.719. The zero-order valence-corrected chi connectivity index (χ0v) is 17.6. The van der Waals surface area contributed by atoms with Gasteiger partial charge in [0.05, 0.1) is 5.56 Å². The summed E-state index contributed by atoms with van der Waals surface area (Å²) >= 11 is 6.69. The fraction of sp³-hybridized carbons (Fsp3) is 0.118. The quantitative estimate of drug-likeness (QED) is 0.537. The average molecular weight is 523 g/mol. The average Bonchev–Trinajstić information content (AvgIpc) is 2.95. The van der Waals surface area contributed by atoms with Gasteiger partial charge < -0.3 is 9.63 Å². The third-order valence-electron chi connectivity index (χ3n) is 3.70. The number of hydrogen-bond acceptors (Lipinski definition) is 5. The lowest BCUT2D eigenvalue weighted by Crippen LogP contribution is -2.05. The van der Waals surface area contributed by atoms with Gasteiger partial charge in [0.2, 0.25) is 0 Å². The van der Waals surface area contributed by atoms with Crippen LogP contribution < -0.4 is 0 Å². The van der Waals surface area contributed by atoms with Gasteiger partial charge in [-0.3, -0.25) is 0 Å². The first-order valence-corrected chi connectivity index (χ1v) is 10.8. The van der Waals surface area contributed by atoms with Gasteiger partial charge in [0, 0.05) is 20.8 Å². The van der Waals surface area contributed by atoms with Gasteiger partial charge in [-0.2, -0.15) is 0 Å². The first kappa shape index (κ1) is 20.1. The molecule has 0 radical (unpaired) electrons. The molecule has 0 saturated carbocycles. The molecule has 0 aliphatic rings. The smallest absolute Gasteiger partial charge is 0.181 e. The van der Waals surface area contributed by atoms with E-state index in [0.29, 0.717) is 5.56 Å². The van der Waals surface area contributed by atoms with Gasteiger partial charge in [-0.05, 0) is 35.9 Å². The topological polar surface area (TPSA) is 80.4 Å². The van der Waals surface area contributed by atoms with E-state index in [2.05, 4.69) is 37.0 Å². The lowest BCUT2D eigenvalue weighted by molar-refractivity contribution is 0.230. The van der Waals surface area contributed by atoms with Crippen molar-refractivity contribution in [2.24, 2.45) is 0 Å². The zero-order valence-electron chi connectivity index (χ0n) is 13.6. The third kappa shape index (κ3) is 3.98. The number of benzene rings is 2. The number of aliphatic hydroxyl groups excluding tert-OH is 1. The molecule has 27 heavy (non-hydrogen) atoms. The highest BCUT2D eigenvalue weighted by Gasteiger charge is 2.25. The van der Waals surface area contributed by atoms with Crippen LogP contribution in [0.4, 0.5) is 8.78 Å². The van der Waals surface area contributed by atoms with Crippen LogP contribution in [0.3, 0.4) is 0 Å². The van der Waals surface area contributed by atoms with E-state index < -0.39 is 33.0 Å². The Morgan fingerprint density at radius 1 is 1.04 bits per heavy atom. The van der Waals surface area contributed by atoms with Crippen LogP contribution in [0.1, 0.15) is 5.76 Å². The summed E-state index contributed by atoms with van der Waals surface area (Å²) in [6.45, 7) is -0.561. The maximum atomic E-state index is 14.3. The van der Waals surface area contributed by atoms with Gasteiger partial charge >= 0.3 is 0 Å². The molecule has 0 fully saturated rings. The monoisotopic (exact) mass is 521 g/mol. The Labute approximate surface area is 170 Å². The summed E-state index contributed by atoms with van der Waals surface area (Å²) < 4.78 is 58.4. The molecule has 0 unspecified atom stereocenters. The molecule has 2 aromatic carbocycles. The van der Waals surface area contributed by atoms with Crippen LogP contribution in [0.2, 0.25) is 0 Å². The van der Waals surface area contributed by atoms with Crippen molar-refractivity contribution in [3.63, 3.8) is 0 Å². The molecule has 3 rings (SSSR count). The highest BCUT2D eigenvalue weighted by atomic mass is 79.9. The van der Waals surface area contributed by atoms with E-state index in [1.807, 2.05) is 0 Å². The van der Waals surface area contributed by atoms with Crippen molar-refractivity contribution in [3.05, 3.63) is 56.7 Å². The standard InChI is InChI=1S/C17H11Br2F2NO4S/c1-27(24,25)17-12(20)4-8(5-13(17)21)15-14(7-23)26-22-16(15)9-2-10(18)6-11(19)3-9/h2-6,23H,7H2,1H3. The molecule has 0 spiro atoms. The minimum atomic E-state index is -4.09. The number of sulfone groups is 1. The second-order valence-corrected chi connectivity index (χ2v) is 9.47. The van der Waals surface area contributed by atoms with Crippen LogP contribution in [-0.4, -0.2) is 24.9 Å². The molecule has 3 aromatic rings. The maximum Gasteiger partial charge on any atom is 0.181 e. The fourth-order valence-corrected chi connectivity index (χ4v) is 4.80. The summed E-state index contributed by atoms with van der Waals surface area (Å²) in [5, 5.41) is 13.4. The molecule has 142 valence electrons. The summed E-state index contributed by atoms with van der Waals surface area (Å²) in [4.78, 5) is -1.01. The highest BCUT2D eigenvalue weighted by molar-refractivity contribution is 9.11. The molecule has 0 amide bonds. The molecule has 5 nitrogen and oxygen atoms in total. The fourth-order valence-electron chi connectivity index (χ4n) is 2.68. The first-order valence-electron chi connectivity index (χ1n) is 7.37. The van der Waals surface area contributed by atoms with Crippen LogP contribution in [0.5, 0.6) is 0 Å². The van der Waals surface area contributed by atoms with Crippen molar-refractivity contribution < 1.29 is 26.8 Å². The Balaban J connectivity index is 2.28. The van der Waals surface area contributed by atoms with Gasteiger partial charge in [0.25, 0.3) is 0 Å². The molecule has 1 N–H and O–H groups in total. The Morgan fingerprint density at radius 3 is 2.07 bits per heavy atom. The van der Waals surface area contributed by atoms with Gasteiger partial charge in [0.1, 0.15) is 28.8 Å². The predicted molar refractivity (Wildman–Crippen MR) is 102 cm³/mol. The van der Waals surface area contributed by atoms with E-state index in [-0.39, 0.29) is 22.6 Å². The SMILES string of the molecule is CS(=O)(=O)c1c(F)cc(-c2c(-c3cc(Br)cc(Br)c3)noc2CO)cc1F. The zero-order chi connectivity index (χ0) is 19.9. The number of aromatic nitrogens is 1. The molecule has 0 saturated heterocycles. The van der Waals surface area contributed by atoms with E-state index in [1.54, 1.807) is 18.2 Å². The van der Waals surface area contributed by atoms with E-state index >= 15 is 0 Å². The molecular formula is C17H11Br2F2NO4S. The Bertz CT molecular complexity index is 1100. The molecule has 0 atom stereocenters. The Hall–Kier alpha value is -1.62. The van der Waals surface area contributed by atoms with E-state index in [1.165, 1.54) is 0 Å². The number of halogens is 4. The van der Waals surface area contributed by atoms with Crippen molar-refractivity contribution >= 4 is 41.7 Å². The van der Waals surface area contributed by atoms with Crippen LogP contribution in [0.25, 0.3) is 22.4 Å². The van der Waals surface area contributed by atoms with Crippen molar-refractivity contribution in [1.82, 2.24) is 5.16 Å². The molecule has 0 bridgehead atoms. The Morgan fingerprint density at radius 2 is 1.59 bits per heavy atom. The maximum absolute atomic E-state index is 14.3. The molecule has 1 heterocycles. The predicted octanol–water partition coefficient (Wildman–Crippen LogP) is 4.71. The lowest BCUT2D eigenvalue weighted by Gasteiger charge is -2.08. The highest BCUT2D eigenvalue weighted by Crippen LogP contribution is 2.38. The van der Waals surface area contributed by atoms with Crippen molar-refractivity contribution in [2.75, 3.05) is 6.26 Å². The summed E-state index contributed by atoms with van der Waals surface area (Å²) in [7, 11) is -4.09. The molecule has 0 aliphatic carbocycles. The van der Waals surface area contributed by atoms with Gasteiger partial charge in [0.15, 0.2) is 15.6 Å². The van der Waals surface area contributed by atoms with Crippen molar-refractivity contribution in [2.45, 2.75) is 11.5 Å². The molecule has 0 aliphatic heterocycles. The number of rotatable bonds is 4. The van der Waals surface area contributed by atoms with E-state index in [4.69, 9.17) is 4.52 Å². The van der Waals surface area contributed by atoms with Gasteiger partial charge in [-0.25, -0.2) is 17.2 Å². The summed E-state index contributed by atoms with van der Waals surface area (Å²) in [6, 6.07) is 6.97. The van der Waals surface area contributed by atoms with Gasteiger partial charge in [-0.1, -0.05) is 37.0 Å². The first-order chi connectivity index (χ1) is 12.6. The van der Waals surface area contributed by atoms with E-state index in [9.17, 15) is 22.3 Å². The van der Waals surface area contributed by atoms with E-state index in [0.717, 1.165) is 27.3 Å². The Kier molecular flexibility index (Phi) is 5.53. The van der Waals surface area contributed by atoms with Crippen LogP contribution in [0, 0.1) is 11.6 Å². The number of hydrogen-bond donors (Lipinski definition) is 1. The minimum Gasteiger partial charge on any atom is -0.388 e. The van der Waals surface area contributed by atoms with Crippen LogP contribution in [-0.2, 0) is 16.4 Å². The van der Waals surface area contributed by atoms with Crippen LogP contribution in [0.15, 0.2) is 48.7 Å². The second-order valence-electron chi connectivity index (χ2n) is 5.69. The number of nitrogens with zero attached hydrogens (tertiary/aromatic N) is 1. The summed E-state index contributed by atoms with van der Waals surface area (Å²) in [5.74, 6) is -2.48. The van der Waals surface area contributed by atoms with Gasteiger partial charge in [-0.15, -0.1) is 0 Å². The molecule has 1 aromatic heterocycles. The van der Waals surface area contributed by atoms with Crippen molar-refractivity contribution in [1.29, 1.82) is 0 Å². The summed E-state index contributed by atoms with van der Waals surface area (Å²) in [5.41, 5.74) is 0.962. The van der Waals surface area contributed by atoms with Crippen molar-refractivity contribution in [3.8, 4) is 22.4 Å². The molecular weight excluding hydrogens is 512 g/mol. The van der Waals surface area contributed by atoms with Crippen LogP contribution >= 0.6 is 31.9 Å². The largest absolute Gasteiger partial charge is 0.388 e.